The van der Waals surface area contributed by atoms with Gasteiger partial charge in [-0.05, 0) is 108 Å². The summed E-state index contributed by atoms with van der Waals surface area (Å²) in [4.78, 5) is 1.17. The molecule has 234 valence electrons. The topological polar surface area (TPSA) is 103 Å². The molecule has 9 nitrogen and oxygen atoms in total. The predicted octanol–water partition coefficient (Wildman–Crippen LogP) is 6.43. The Kier molecular flexibility index (Phi) is 7.96. The van der Waals surface area contributed by atoms with Gasteiger partial charge >= 0.3 is 7.32 Å². The molecule has 0 saturated heterocycles. The summed E-state index contributed by atoms with van der Waals surface area (Å²) in [5.41, 5.74) is 15.7. The first kappa shape index (κ1) is 31.1. The molecule has 0 saturated carbocycles. The van der Waals surface area contributed by atoms with Crippen molar-refractivity contribution in [2.24, 2.45) is 0 Å². The van der Waals surface area contributed by atoms with E-state index in [1.807, 2.05) is 45.3 Å². The lowest BCUT2D eigenvalue weighted by atomic mass is 9.96. The molecule has 0 aliphatic heterocycles. The summed E-state index contributed by atoms with van der Waals surface area (Å²) in [6.45, 7) is 18.6. The van der Waals surface area contributed by atoms with Gasteiger partial charge in [0.2, 0.25) is 5.82 Å². The van der Waals surface area contributed by atoms with Crippen LogP contribution in [0.3, 0.4) is 0 Å². The minimum absolute atomic E-state index is 0.413. The number of rotatable bonds is 7. The molecular formula is C36H39BN6O3. The van der Waals surface area contributed by atoms with Crippen molar-refractivity contribution in [3.05, 3.63) is 111 Å². The van der Waals surface area contributed by atoms with Gasteiger partial charge in [-0.3, -0.25) is 0 Å². The molecule has 6 rings (SSSR count). The zero-order valence-electron chi connectivity index (χ0n) is 27.8. The van der Waals surface area contributed by atoms with Crippen LogP contribution in [-0.4, -0.2) is 46.9 Å². The van der Waals surface area contributed by atoms with Gasteiger partial charge in [0.05, 0.1) is 11.4 Å². The van der Waals surface area contributed by atoms with Gasteiger partial charge in [-0.1, -0.05) is 53.1 Å². The van der Waals surface area contributed by atoms with Crippen LogP contribution in [0.15, 0.2) is 60.9 Å². The Morgan fingerprint density at radius 1 is 0.543 bits per heavy atom. The van der Waals surface area contributed by atoms with Crippen molar-refractivity contribution in [2.75, 3.05) is 0 Å². The zero-order valence-corrected chi connectivity index (χ0v) is 27.8. The van der Waals surface area contributed by atoms with Crippen molar-refractivity contribution in [2.45, 2.75) is 62.3 Å². The lowest BCUT2D eigenvalue weighted by Crippen LogP contribution is -2.31. The number of aryl methyl sites for hydroxylation is 9. The van der Waals surface area contributed by atoms with Crippen LogP contribution in [0.25, 0.3) is 45.3 Å². The van der Waals surface area contributed by atoms with Crippen molar-refractivity contribution < 1.29 is 14.8 Å². The Morgan fingerprint density at radius 2 is 0.935 bits per heavy atom. The van der Waals surface area contributed by atoms with Gasteiger partial charge in [-0.2, -0.15) is 10.2 Å². The molecule has 10 heteroatoms. The minimum atomic E-state index is -2.11. The molecular weight excluding hydrogens is 575 g/mol. The van der Waals surface area contributed by atoms with Crippen LogP contribution in [0.4, 0.5) is 0 Å². The third kappa shape index (κ3) is 5.54. The molecule has 0 fully saturated rings. The molecule has 0 atom stereocenters. The molecule has 46 heavy (non-hydrogen) atoms. The molecule has 0 aliphatic carbocycles. The lowest BCUT2D eigenvalue weighted by molar-refractivity contribution is 0.144. The smallest absolute Gasteiger partial charge is 0.405 e. The molecule has 0 aliphatic rings. The summed E-state index contributed by atoms with van der Waals surface area (Å²) in [6, 6.07) is 16.7. The van der Waals surface area contributed by atoms with Gasteiger partial charge < -0.3 is 14.8 Å². The molecule has 0 bridgehead atoms. The van der Waals surface area contributed by atoms with Crippen molar-refractivity contribution in [3.8, 4) is 45.3 Å². The Balaban J connectivity index is 1.64. The largest absolute Gasteiger partial charge is 0.729 e. The highest BCUT2D eigenvalue weighted by Crippen LogP contribution is 2.38. The molecule has 0 radical (unpaired) electrons. The van der Waals surface area contributed by atoms with E-state index in [0.717, 1.165) is 67.0 Å². The quantitative estimate of drug-likeness (QED) is 0.201. The van der Waals surface area contributed by atoms with E-state index in [0.29, 0.717) is 17.2 Å². The number of hydrogen-bond acceptors (Lipinski definition) is 6. The highest BCUT2D eigenvalue weighted by molar-refractivity contribution is 6.32. The molecule has 6 aromatic rings. The fourth-order valence-corrected chi connectivity index (χ4v) is 7.00. The van der Waals surface area contributed by atoms with E-state index in [4.69, 9.17) is 20.1 Å². The first-order valence-electron chi connectivity index (χ1n) is 15.4. The first-order chi connectivity index (χ1) is 21.8. The molecule has 2 N–H and O–H groups in total. The average molecular weight is 615 g/mol. The second-order valence-electron chi connectivity index (χ2n) is 12.4. The van der Waals surface area contributed by atoms with E-state index in [9.17, 15) is 10.0 Å². The highest BCUT2D eigenvalue weighted by atomic mass is 16.7. The van der Waals surface area contributed by atoms with Gasteiger partial charge in [0.15, 0.2) is 0 Å². The summed E-state index contributed by atoms with van der Waals surface area (Å²) < 4.78 is 8.99. The van der Waals surface area contributed by atoms with Crippen LogP contribution in [0.5, 0.6) is 0 Å². The number of benzene rings is 3. The van der Waals surface area contributed by atoms with E-state index in [2.05, 4.69) is 77.9 Å². The SMILES string of the molecule is Cc1cc(C)c(-c2ccn(-c3nn(OB(O)O)c(-c4c(C)cc(C)cc4C)c3-n3ccc(-c4c(C)cc(C)cc4C)n3)n2)c(C)c1. The van der Waals surface area contributed by atoms with Crippen LogP contribution >= 0.6 is 0 Å². The predicted molar refractivity (Wildman–Crippen MR) is 182 cm³/mol. The van der Waals surface area contributed by atoms with Crippen molar-refractivity contribution in [1.29, 1.82) is 0 Å². The van der Waals surface area contributed by atoms with Crippen LogP contribution in [0.2, 0.25) is 0 Å². The van der Waals surface area contributed by atoms with Crippen LogP contribution < -0.4 is 4.76 Å². The number of nitrogens with zero attached hydrogens (tertiary/aromatic N) is 6. The zero-order chi connectivity index (χ0) is 33.0. The molecule has 3 aromatic carbocycles. The number of aromatic nitrogens is 6. The monoisotopic (exact) mass is 614 g/mol. The van der Waals surface area contributed by atoms with Crippen LogP contribution in [0.1, 0.15) is 50.1 Å². The molecule has 0 unspecified atom stereocenters. The fraction of sp³-hybridized carbons (Fsp3) is 0.250. The average Bonchev–Trinajstić information content (AvgIpc) is 3.67. The number of hydrogen-bond donors (Lipinski definition) is 2. The van der Waals surface area contributed by atoms with Gasteiger partial charge in [0.25, 0.3) is 0 Å². The van der Waals surface area contributed by atoms with Crippen molar-refractivity contribution in [3.63, 3.8) is 0 Å². The van der Waals surface area contributed by atoms with Crippen molar-refractivity contribution >= 4 is 7.32 Å². The summed E-state index contributed by atoms with van der Waals surface area (Å²) in [5, 5.41) is 34.9. The van der Waals surface area contributed by atoms with E-state index in [1.54, 1.807) is 9.36 Å². The second-order valence-corrected chi connectivity index (χ2v) is 12.4. The minimum Gasteiger partial charge on any atom is -0.405 e. The maximum atomic E-state index is 10.0. The molecule has 0 spiro atoms. The normalized spacial score (nSPS) is 11.4. The van der Waals surface area contributed by atoms with Gasteiger partial charge in [0, 0.05) is 29.1 Å². The summed E-state index contributed by atoms with van der Waals surface area (Å²) in [7, 11) is -2.11. The van der Waals surface area contributed by atoms with Gasteiger partial charge in [-0.25, -0.2) is 9.36 Å². The van der Waals surface area contributed by atoms with Crippen LogP contribution in [-0.2, 0) is 0 Å². The third-order valence-electron chi connectivity index (χ3n) is 8.41. The summed E-state index contributed by atoms with van der Waals surface area (Å²) in [6.07, 6.45) is 3.76. The molecule has 0 amide bonds. The molecule has 3 heterocycles. The van der Waals surface area contributed by atoms with Gasteiger partial charge in [0.1, 0.15) is 11.4 Å². The second kappa shape index (κ2) is 11.8. The standard InChI is InChI=1S/C36H39BN6O3/c1-20-14-23(4)31(24(5)15-20)29-10-12-41(38-29)35-34(33-27(8)18-22(3)19-28(33)9)43(46-37(44)45)40-36(35)42-13-11-30(39-42)32-25(6)16-21(2)17-26(32)7/h10-19,44-45H,1-9H3. The highest BCUT2D eigenvalue weighted by Gasteiger charge is 2.30. The van der Waals surface area contributed by atoms with Gasteiger partial charge in [-0.15, -0.1) is 9.94 Å². The van der Waals surface area contributed by atoms with E-state index in [1.165, 1.54) is 16.0 Å². The Hall–Kier alpha value is -4.93. The van der Waals surface area contributed by atoms with Crippen molar-refractivity contribution in [1.82, 2.24) is 29.5 Å². The van der Waals surface area contributed by atoms with E-state index < -0.39 is 7.32 Å². The summed E-state index contributed by atoms with van der Waals surface area (Å²) in [5.74, 6) is 0.413. The van der Waals surface area contributed by atoms with E-state index in [-0.39, 0.29) is 0 Å². The van der Waals surface area contributed by atoms with E-state index >= 15 is 0 Å². The Bertz CT molecular complexity index is 2050. The maximum Gasteiger partial charge on any atom is 0.729 e. The first-order valence-corrected chi connectivity index (χ1v) is 15.4. The Morgan fingerprint density at radius 3 is 1.37 bits per heavy atom. The lowest BCUT2D eigenvalue weighted by Gasteiger charge is -2.15. The molecule has 3 aromatic heterocycles. The van der Waals surface area contributed by atoms with Crippen LogP contribution in [0, 0.1) is 62.3 Å². The maximum absolute atomic E-state index is 10.0. The third-order valence-corrected chi connectivity index (χ3v) is 8.41. The fourth-order valence-electron chi connectivity index (χ4n) is 7.00. The Labute approximate surface area is 269 Å². The summed E-state index contributed by atoms with van der Waals surface area (Å²) >= 11 is 0.